The van der Waals surface area contributed by atoms with E-state index in [0.29, 0.717) is 5.02 Å². The fourth-order valence-electron chi connectivity index (χ4n) is 2.02. The molecule has 0 spiro atoms. The number of halogens is 1. The molecular formula is C16H22ClNO5S. The van der Waals surface area contributed by atoms with Gasteiger partial charge in [0.2, 0.25) is 0 Å². The highest BCUT2D eigenvalue weighted by Crippen LogP contribution is 2.16. The zero-order valence-electron chi connectivity index (χ0n) is 13.7. The van der Waals surface area contributed by atoms with Crippen molar-refractivity contribution in [1.82, 2.24) is 5.32 Å². The van der Waals surface area contributed by atoms with Crippen LogP contribution in [0.2, 0.25) is 5.02 Å². The van der Waals surface area contributed by atoms with Gasteiger partial charge in [-0.2, -0.15) is 0 Å². The molecule has 1 aromatic carbocycles. The van der Waals surface area contributed by atoms with Crippen LogP contribution in [0.15, 0.2) is 29.2 Å². The zero-order chi connectivity index (χ0) is 18.2. The normalized spacial score (nSPS) is 12.5. The van der Waals surface area contributed by atoms with Gasteiger partial charge >= 0.3 is 5.97 Å². The number of rotatable bonds is 9. The van der Waals surface area contributed by atoms with E-state index >= 15 is 0 Å². The third-order valence-electron chi connectivity index (χ3n) is 3.24. The SMILES string of the molecule is CCC[C@H](C)NC(=O)COC(=O)CCS(=O)(=O)c1ccc(Cl)cc1. The van der Waals surface area contributed by atoms with Crippen LogP contribution < -0.4 is 5.32 Å². The Morgan fingerprint density at radius 1 is 1.25 bits per heavy atom. The second-order valence-electron chi connectivity index (χ2n) is 5.44. The van der Waals surface area contributed by atoms with Crippen LogP contribution in [0.25, 0.3) is 0 Å². The molecule has 0 fully saturated rings. The van der Waals surface area contributed by atoms with E-state index in [0.717, 1.165) is 12.8 Å². The van der Waals surface area contributed by atoms with Crippen LogP contribution in [0.3, 0.4) is 0 Å². The molecule has 0 saturated carbocycles. The number of sulfone groups is 1. The quantitative estimate of drug-likeness (QED) is 0.669. The first-order chi connectivity index (χ1) is 11.2. The molecule has 0 heterocycles. The Morgan fingerprint density at radius 2 is 1.88 bits per heavy atom. The first kappa shape index (κ1) is 20.4. The zero-order valence-corrected chi connectivity index (χ0v) is 15.3. The minimum atomic E-state index is -3.60. The minimum Gasteiger partial charge on any atom is -0.456 e. The van der Waals surface area contributed by atoms with Crippen LogP contribution in [-0.4, -0.2) is 38.7 Å². The van der Waals surface area contributed by atoms with Crippen molar-refractivity contribution >= 4 is 33.3 Å². The number of benzene rings is 1. The average molecular weight is 376 g/mol. The Balaban J connectivity index is 2.40. The smallest absolute Gasteiger partial charge is 0.307 e. The van der Waals surface area contributed by atoms with Crippen molar-refractivity contribution in [2.45, 2.75) is 44.0 Å². The lowest BCUT2D eigenvalue weighted by atomic mass is 10.2. The Bertz CT molecular complexity index is 658. The van der Waals surface area contributed by atoms with Crippen molar-refractivity contribution in [1.29, 1.82) is 0 Å². The summed E-state index contributed by atoms with van der Waals surface area (Å²) >= 11 is 5.71. The third-order valence-corrected chi connectivity index (χ3v) is 5.22. The van der Waals surface area contributed by atoms with Crippen molar-refractivity contribution in [2.24, 2.45) is 0 Å². The van der Waals surface area contributed by atoms with E-state index in [1.807, 2.05) is 13.8 Å². The average Bonchev–Trinajstić information content (AvgIpc) is 2.51. The number of hydrogen-bond acceptors (Lipinski definition) is 5. The van der Waals surface area contributed by atoms with Crippen LogP contribution in [0.4, 0.5) is 0 Å². The second kappa shape index (κ2) is 9.64. The van der Waals surface area contributed by atoms with Gasteiger partial charge in [-0.1, -0.05) is 24.9 Å². The summed E-state index contributed by atoms with van der Waals surface area (Å²) in [6.07, 6.45) is 1.45. The van der Waals surface area contributed by atoms with Crippen LogP contribution >= 0.6 is 11.6 Å². The molecule has 8 heteroatoms. The molecule has 6 nitrogen and oxygen atoms in total. The Hall–Kier alpha value is -1.60. The van der Waals surface area contributed by atoms with Gasteiger partial charge in [-0.3, -0.25) is 9.59 Å². The largest absolute Gasteiger partial charge is 0.456 e. The summed E-state index contributed by atoms with van der Waals surface area (Å²) in [6, 6.07) is 5.70. The number of esters is 1. The summed E-state index contributed by atoms with van der Waals surface area (Å²) in [5.41, 5.74) is 0. The molecular weight excluding hydrogens is 354 g/mol. The number of amides is 1. The molecule has 1 aromatic rings. The molecule has 0 saturated heterocycles. The fourth-order valence-corrected chi connectivity index (χ4v) is 3.37. The van der Waals surface area contributed by atoms with Crippen molar-refractivity contribution in [2.75, 3.05) is 12.4 Å². The molecule has 1 amide bonds. The predicted molar refractivity (Wildman–Crippen MR) is 91.6 cm³/mol. The van der Waals surface area contributed by atoms with E-state index in [9.17, 15) is 18.0 Å². The topological polar surface area (TPSA) is 89.5 Å². The lowest BCUT2D eigenvalue weighted by Crippen LogP contribution is -2.35. The summed E-state index contributed by atoms with van der Waals surface area (Å²) in [6.45, 7) is 3.46. The summed E-state index contributed by atoms with van der Waals surface area (Å²) in [5.74, 6) is -1.52. The second-order valence-corrected chi connectivity index (χ2v) is 7.99. The Kier molecular flexibility index (Phi) is 8.21. The number of nitrogens with one attached hydrogen (secondary N) is 1. The molecule has 1 N–H and O–H groups in total. The summed E-state index contributed by atoms with van der Waals surface area (Å²) < 4.78 is 28.9. The monoisotopic (exact) mass is 375 g/mol. The van der Waals surface area contributed by atoms with E-state index in [4.69, 9.17) is 16.3 Å². The van der Waals surface area contributed by atoms with Crippen LogP contribution in [0, 0.1) is 0 Å². The van der Waals surface area contributed by atoms with Gasteiger partial charge in [-0.25, -0.2) is 8.42 Å². The lowest BCUT2D eigenvalue weighted by molar-refractivity contribution is -0.148. The summed E-state index contributed by atoms with van der Waals surface area (Å²) in [4.78, 5) is 23.3. The van der Waals surface area contributed by atoms with E-state index in [1.54, 1.807) is 0 Å². The minimum absolute atomic E-state index is 0.00600. The van der Waals surface area contributed by atoms with Gasteiger partial charge in [0.05, 0.1) is 17.1 Å². The third kappa shape index (κ3) is 7.31. The van der Waals surface area contributed by atoms with Crippen LogP contribution in [-0.2, 0) is 24.2 Å². The van der Waals surface area contributed by atoms with Crippen LogP contribution in [0.5, 0.6) is 0 Å². The number of ether oxygens (including phenoxy) is 1. The molecule has 0 bridgehead atoms. The first-order valence-electron chi connectivity index (χ1n) is 7.68. The maximum Gasteiger partial charge on any atom is 0.307 e. The molecule has 0 aliphatic carbocycles. The number of carbonyl (C=O) groups excluding carboxylic acids is 2. The molecule has 0 aliphatic heterocycles. The van der Waals surface area contributed by atoms with Crippen molar-refractivity contribution in [3.63, 3.8) is 0 Å². The highest BCUT2D eigenvalue weighted by molar-refractivity contribution is 7.91. The van der Waals surface area contributed by atoms with Crippen molar-refractivity contribution in [3.05, 3.63) is 29.3 Å². The fraction of sp³-hybridized carbons (Fsp3) is 0.500. The maximum absolute atomic E-state index is 12.1. The van der Waals surface area contributed by atoms with Crippen LogP contribution in [0.1, 0.15) is 33.1 Å². The number of hydrogen-bond donors (Lipinski definition) is 1. The van der Waals surface area contributed by atoms with Gasteiger partial charge in [0.15, 0.2) is 16.4 Å². The molecule has 1 rings (SSSR count). The summed E-state index contributed by atoms with van der Waals surface area (Å²) in [7, 11) is -3.60. The highest BCUT2D eigenvalue weighted by Gasteiger charge is 2.18. The van der Waals surface area contributed by atoms with Crippen molar-refractivity contribution < 1.29 is 22.7 Å². The lowest BCUT2D eigenvalue weighted by Gasteiger charge is -2.12. The van der Waals surface area contributed by atoms with Gasteiger partial charge in [-0.15, -0.1) is 0 Å². The maximum atomic E-state index is 12.1. The van der Waals surface area contributed by atoms with Gasteiger partial charge in [0.25, 0.3) is 5.91 Å². The molecule has 0 unspecified atom stereocenters. The predicted octanol–water partition coefficient (Wildman–Crippen LogP) is 2.35. The number of carbonyl (C=O) groups is 2. The van der Waals surface area contributed by atoms with Gasteiger partial charge in [-0.05, 0) is 37.6 Å². The van der Waals surface area contributed by atoms with E-state index in [1.165, 1.54) is 24.3 Å². The van der Waals surface area contributed by atoms with E-state index < -0.39 is 28.3 Å². The van der Waals surface area contributed by atoms with Gasteiger partial charge in [0.1, 0.15) is 0 Å². The molecule has 0 aliphatic rings. The molecule has 134 valence electrons. The Labute approximate surface area is 147 Å². The first-order valence-corrected chi connectivity index (χ1v) is 9.71. The molecule has 24 heavy (non-hydrogen) atoms. The van der Waals surface area contributed by atoms with E-state index in [2.05, 4.69) is 5.32 Å². The summed E-state index contributed by atoms with van der Waals surface area (Å²) in [5, 5.41) is 3.12. The highest BCUT2D eigenvalue weighted by atomic mass is 35.5. The van der Waals surface area contributed by atoms with Gasteiger partial charge in [0, 0.05) is 11.1 Å². The Morgan fingerprint density at radius 3 is 2.46 bits per heavy atom. The molecule has 0 aromatic heterocycles. The van der Waals surface area contributed by atoms with Gasteiger partial charge < -0.3 is 10.1 Å². The molecule has 1 atom stereocenters. The van der Waals surface area contributed by atoms with Crippen molar-refractivity contribution in [3.8, 4) is 0 Å². The standard InChI is InChI=1S/C16H22ClNO5S/c1-3-4-12(2)18-15(19)11-23-16(20)9-10-24(21,22)14-7-5-13(17)6-8-14/h5-8,12H,3-4,9-11H2,1-2H3,(H,18,19)/t12-/m0/s1. The van der Waals surface area contributed by atoms with E-state index in [-0.39, 0.29) is 23.1 Å². The molecule has 0 radical (unpaired) electrons.